The molecule has 1 saturated carbocycles. The number of benzene rings is 3. The molecule has 0 aromatic heterocycles. The monoisotopic (exact) mass is 517 g/mol. The van der Waals surface area contributed by atoms with E-state index in [2.05, 4.69) is 5.32 Å². The van der Waals surface area contributed by atoms with Crippen LogP contribution in [0, 0.1) is 0 Å². The van der Waals surface area contributed by atoms with Gasteiger partial charge in [0.1, 0.15) is 17.6 Å². The number of aromatic carboxylic acids is 1. The van der Waals surface area contributed by atoms with Crippen LogP contribution in [0.5, 0.6) is 23.0 Å². The smallest absolute Gasteiger partial charge is 0.335 e. The van der Waals surface area contributed by atoms with E-state index in [1.165, 1.54) is 0 Å². The van der Waals surface area contributed by atoms with E-state index in [1.54, 1.807) is 45.6 Å². The molecule has 1 heterocycles. The van der Waals surface area contributed by atoms with E-state index < -0.39 is 11.4 Å². The summed E-state index contributed by atoms with van der Waals surface area (Å²) in [6.07, 6.45) is 2.57. The summed E-state index contributed by atoms with van der Waals surface area (Å²) < 4.78 is 22.6. The molecule has 3 aromatic carbocycles. The van der Waals surface area contributed by atoms with Crippen LogP contribution in [0.1, 0.15) is 64.9 Å². The number of amides is 1. The number of hydrogen-bond acceptors (Lipinski definition) is 6. The molecule has 0 radical (unpaired) electrons. The molecule has 1 aliphatic heterocycles. The molecule has 5 rings (SSSR count). The van der Waals surface area contributed by atoms with E-state index in [9.17, 15) is 14.7 Å². The van der Waals surface area contributed by atoms with E-state index in [0.717, 1.165) is 36.0 Å². The van der Waals surface area contributed by atoms with Crippen LogP contribution in [-0.4, -0.2) is 38.3 Å². The van der Waals surface area contributed by atoms with Crippen LogP contribution >= 0.6 is 0 Å². The van der Waals surface area contributed by atoms with Crippen LogP contribution in [0.4, 0.5) is 0 Å². The quantitative estimate of drug-likeness (QED) is 0.423. The molecule has 3 aromatic rings. The van der Waals surface area contributed by atoms with Gasteiger partial charge in [-0.15, -0.1) is 0 Å². The third kappa shape index (κ3) is 4.51. The van der Waals surface area contributed by atoms with Gasteiger partial charge in [-0.05, 0) is 60.4 Å². The van der Waals surface area contributed by atoms with Crippen molar-refractivity contribution in [1.29, 1.82) is 0 Å². The molecule has 0 unspecified atom stereocenters. The fourth-order valence-corrected chi connectivity index (χ4v) is 5.36. The summed E-state index contributed by atoms with van der Waals surface area (Å²) in [7, 11) is 4.77. The Balaban J connectivity index is 1.46. The van der Waals surface area contributed by atoms with E-state index in [1.807, 2.05) is 36.4 Å². The molecular formula is C30H31NO7. The first kappa shape index (κ1) is 25.4. The summed E-state index contributed by atoms with van der Waals surface area (Å²) in [5.74, 6) is 1.47. The zero-order valence-electron chi connectivity index (χ0n) is 21.7. The van der Waals surface area contributed by atoms with Crippen molar-refractivity contribution in [1.82, 2.24) is 5.32 Å². The Bertz CT molecular complexity index is 1350. The molecule has 2 atom stereocenters. The second kappa shape index (κ2) is 10.3. The first-order valence-electron chi connectivity index (χ1n) is 12.6. The van der Waals surface area contributed by atoms with E-state index >= 15 is 0 Å². The summed E-state index contributed by atoms with van der Waals surface area (Å²) in [6.45, 7) is 0. The number of methoxy groups -OCH3 is 3. The Morgan fingerprint density at radius 2 is 1.66 bits per heavy atom. The Kier molecular flexibility index (Phi) is 6.89. The molecule has 1 aliphatic carbocycles. The third-order valence-electron chi connectivity index (χ3n) is 7.73. The van der Waals surface area contributed by atoms with Crippen LogP contribution < -0.4 is 24.3 Å². The van der Waals surface area contributed by atoms with Crippen molar-refractivity contribution < 1.29 is 33.6 Å². The normalized spacial score (nSPS) is 19.2. The van der Waals surface area contributed by atoms with Crippen molar-refractivity contribution in [2.45, 2.75) is 43.2 Å². The molecule has 38 heavy (non-hydrogen) atoms. The number of carbonyl (C=O) groups is 2. The van der Waals surface area contributed by atoms with Gasteiger partial charge >= 0.3 is 5.97 Å². The van der Waals surface area contributed by atoms with Gasteiger partial charge in [-0.25, -0.2) is 4.79 Å². The molecule has 0 saturated heterocycles. The van der Waals surface area contributed by atoms with Crippen molar-refractivity contribution in [2.24, 2.45) is 0 Å². The highest BCUT2D eigenvalue weighted by Gasteiger charge is 2.47. The molecule has 2 aliphatic rings. The SMILES string of the molecule is COc1ccc2c(c1)O[C@@H](c1ccc(C(=O)O)cc1)C[C@H]2NC(=O)C1(c2ccc(OC)c(OC)c2)CCC1. The number of carbonyl (C=O) groups excluding carboxylic acids is 1. The van der Waals surface area contributed by atoms with E-state index in [4.69, 9.17) is 18.9 Å². The summed E-state index contributed by atoms with van der Waals surface area (Å²) in [4.78, 5) is 25.3. The molecule has 0 spiro atoms. The van der Waals surface area contributed by atoms with Crippen molar-refractivity contribution in [3.8, 4) is 23.0 Å². The third-order valence-corrected chi connectivity index (χ3v) is 7.73. The van der Waals surface area contributed by atoms with Gasteiger partial charge in [0.25, 0.3) is 0 Å². The highest BCUT2D eigenvalue weighted by atomic mass is 16.5. The van der Waals surface area contributed by atoms with Crippen molar-refractivity contribution in [3.63, 3.8) is 0 Å². The van der Waals surface area contributed by atoms with Crippen molar-refractivity contribution >= 4 is 11.9 Å². The first-order valence-corrected chi connectivity index (χ1v) is 12.6. The first-order chi connectivity index (χ1) is 18.4. The number of nitrogens with one attached hydrogen (secondary N) is 1. The Morgan fingerprint density at radius 1 is 0.921 bits per heavy atom. The minimum absolute atomic E-state index is 0.0374. The lowest BCUT2D eigenvalue weighted by Crippen LogP contribution is -2.50. The maximum atomic E-state index is 14.0. The Labute approximate surface area is 221 Å². The molecule has 0 bridgehead atoms. The average Bonchev–Trinajstić information content (AvgIpc) is 2.91. The van der Waals surface area contributed by atoms with Gasteiger partial charge in [0, 0.05) is 18.1 Å². The predicted octanol–water partition coefficient (Wildman–Crippen LogP) is 5.21. The molecule has 1 fully saturated rings. The van der Waals surface area contributed by atoms with Gasteiger partial charge in [-0.3, -0.25) is 4.79 Å². The fraction of sp³-hybridized carbons (Fsp3) is 0.333. The second-order valence-corrected chi connectivity index (χ2v) is 9.70. The number of carboxylic acids is 1. The number of fused-ring (bicyclic) bond motifs is 1. The predicted molar refractivity (Wildman–Crippen MR) is 140 cm³/mol. The summed E-state index contributed by atoms with van der Waals surface area (Å²) >= 11 is 0. The minimum Gasteiger partial charge on any atom is -0.497 e. The van der Waals surface area contributed by atoms with Crippen molar-refractivity contribution in [2.75, 3.05) is 21.3 Å². The summed E-state index contributed by atoms with van der Waals surface area (Å²) in [5, 5.41) is 12.6. The van der Waals surface area contributed by atoms with Crippen LogP contribution in [0.2, 0.25) is 0 Å². The molecule has 1 amide bonds. The van der Waals surface area contributed by atoms with E-state index in [0.29, 0.717) is 29.4 Å². The van der Waals surface area contributed by atoms with E-state index in [-0.39, 0.29) is 23.6 Å². The van der Waals surface area contributed by atoms with Gasteiger partial charge < -0.3 is 29.4 Å². The molecule has 8 heteroatoms. The highest BCUT2D eigenvalue weighted by Crippen LogP contribution is 2.48. The molecule has 198 valence electrons. The van der Waals surface area contributed by atoms with Gasteiger partial charge in [-0.1, -0.05) is 24.6 Å². The number of hydrogen-bond donors (Lipinski definition) is 2. The molecule has 2 N–H and O–H groups in total. The summed E-state index contributed by atoms with van der Waals surface area (Å²) in [6, 6.07) is 17.6. The molecule has 8 nitrogen and oxygen atoms in total. The van der Waals surface area contributed by atoms with Crippen LogP contribution in [-0.2, 0) is 10.2 Å². The lowest BCUT2D eigenvalue weighted by molar-refractivity contribution is -0.131. The maximum Gasteiger partial charge on any atom is 0.335 e. The van der Waals surface area contributed by atoms with Crippen LogP contribution in [0.15, 0.2) is 60.7 Å². The number of rotatable bonds is 8. The zero-order chi connectivity index (χ0) is 26.9. The minimum atomic E-state index is -0.984. The average molecular weight is 518 g/mol. The van der Waals surface area contributed by atoms with Gasteiger partial charge in [0.15, 0.2) is 11.5 Å². The molecular weight excluding hydrogens is 486 g/mol. The fourth-order valence-electron chi connectivity index (χ4n) is 5.36. The Morgan fingerprint density at radius 3 is 2.26 bits per heavy atom. The topological polar surface area (TPSA) is 103 Å². The largest absolute Gasteiger partial charge is 0.497 e. The lowest BCUT2D eigenvalue weighted by atomic mass is 9.63. The van der Waals surface area contributed by atoms with Crippen molar-refractivity contribution in [3.05, 3.63) is 82.9 Å². The lowest BCUT2D eigenvalue weighted by Gasteiger charge is -2.43. The van der Waals surface area contributed by atoms with Crippen LogP contribution in [0.25, 0.3) is 0 Å². The Hall–Kier alpha value is -4.20. The number of carboxylic acid groups (broad SMARTS) is 1. The standard InChI is InChI=1S/C30H31NO7/c1-35-21-10-11-22-23(17-25(38-26(22)16-21)18-5-7-19(8-6-18)28(32)33)31-29(34)30(13-4-14-30)20-9-12-24(36-2)27(15-20)37-3/h5-12,15-16,23,25H,4,13-14,17H2,1-3H3,(H,31,34)(H,32,33)/t23-,25-/m1/s1. The van der Waals surface area contributed by atoms with Gasteiger partial charge in [0.2, 0.25) is 5.91 Å². The van der Waals surface area contributed by atoms with Crippen LogP contribution in [0.3, 0.4) is 0 Å². The van der Waals surface area contributed by atoms with Gasteiger partial charge in [-0.2, -0.15) is 0 Å². The zero-order valence-corrected chi connectivity index (χ0v) is 21.7. The highest BCUT2D eigenvalue weighted by molar-refractivity contribution is 5.90. The van der Waals surface area contributed by atoms with Gasteiger partial charge in [0.05, 0.1) is 38.3 Å². The number of ether oxygens (including phenoxy) is 4. The summed E-state index contributed by atoms with van der Waals surface area (Å²) in [5.41, 5.74) is 2.17. The second-order valence-electron chi connectivity index (χ2n) is 9.70. The maximum absolute atomic E-state index is 14.0.